The number of carbonyl (C=O) groups excluding carboxylic acids is 1. The molecule has 0 saturated carbocycles. The first-order valence-corrected chi connectivity index (χ1v) is 9.57. The van der Waals surface area contributed by atoms with E-state index in [-0.39, 0.29) is 12.7 Å². The van der Waals surface area contributed by atoms with E-state index in [2.05, 4.69) is 26.0 Å². The Morgan fingerprint density at radius 2 is 2.00 bits per heavy atom. The fraction of sp³-hybridized carbons (Fsp3) is 0.650. The third-order valence-corrected chi connectivity index (χ3v) is 4.74. The monoisotopic (exact) mass is 365 g/mol. The number of aliphatic hydroxyl groups excluding tert-OH is 1. The number of hydrogen-bond donors (Lipinski definition) is 2. The van der Waals surface area contributed by atoms with Crippen molar-refractivity contribution < 1.29 is 24.3 Å². The zero-order chi connectivity index (χ0) is 19.1. The maximum Gasteiger partial charge on any atom is 0.410 e. The van der Waals surface area contributed by atoms with Crippen LogP contribution in [-0.4, -0.2) is 68.1 Å². The van der Waals surface area contributed by atoms with Crippen LogP contribution in [0.25, 0.3) is 0 Å². The average molecular weight is 365 g/mol. The molecule has 0 bridgehead atoms. The van der Waals surface area contributed by atoms with E-state index in [1.165, 1.54) is 4.90 Å². The number of carbonyl (C=O) groups is 1. The van der Waals surface area contributed by atoms with Gasteiger partial charge in [0.05, 0.1) is 32.8 Å². The summed E-state index contributed by atoms with van der Waals surface area (Å²) in [5.41, 5.74) is 2.32. The normalized spacial score (nSPS) is 16.6. The number of piperazine rings is 1. The molecule has 0 aliphatic carbocycles. The summed E-state index contributed by atoms with van der Waals surface area (Å²) in [4.78, 5) is 14.7. The van der Waals surface area contributed by atoms with E-state index in [0.29, 0.717) is 32.2 Å². The number of quaternary nitrogens is 1. The molecule has 1 aliphatic heterocycles. The Kier molecular flexibility index (Phi) is 7.72. The summed E-state index contributed by atoms with van der Waals surface area (Å²) in [7, 11) is 0. The van der Waals surface area contributed by atoms with Crippen LogP contribution in [-0.2, 0) is 4.74 Å². The van der Waals surface area contributed by atoms with Crippen LogP contribution in [0.15, 0.2) is 18.2 Å². The number of nitrogens with one attached hydrogen (secondary N) is 1. The Bertz CT molecular complexity index is 583. The molecule has 146 valence electrons. The van der Waals surface area contributed by atoms with Crippen LogP contribution in [0, 0.1) is 6.92 Å². The lowest BCUT2D eigenvalue weighted by Gasteiger charge is -2.32. The lowest BCUT2D eigenvalue weighted by atomic mass is 10.0. The van der Waals surface area contributed by atoms with Crippen molar-refractivity contribution in [3.05, 3.63) is 29.3 Å². The highest BCUT2D eigenvalue weighted by Crippen LogP contribution is 2.27. The van der Waals surface area contributed by atoms with E-state index >= 15 is 0 Å². The molecule has 0 spiro atoms. The summed E-state index contributed by atoms with van der Waals surface area (Å²) in [5.74, 6) is 1.24. The minimum Gasteiger partial charge on any atom is -0.490 e. The van der Waals surface area contributed by atoms with Gasteiger partial charge in [-0.3, -0.25) is 4.90 Å². The number of hydrogen-bond acceptors (Lipinski definition) is 4. The van der Waals surface area contributed by atoms with Crippen molar-refractivity contribution in [1.82, 2.24) is 4.90 Å². The summed E-state index contributed by atoms with van der Waals surface area (Å²) < 4.78 is 11.0. The fourth-order valence-corrected chi connectivity index (χ4v) is 3.25. The average Bonchev–Trinajstić information content (AvgIpc) is 2.60. The minimum absolute atomic E-state index is 0.240. The van der Waals surface area contributed by atoms with Crippen LogP contribution in [0.2, 0.25) is 0 Å². The van der Waals surface area contributed by atoms with Crippen molar-refractivity contribution in [3.8, 4) is 5.75 Å². The zero-order valence-corrected chi connectivity index (χ0v) is 16.5. The number of aryl methyl sites for hydroxylation is 1. The van der Waals surface area contributed by atoms with Gasteiger partial charge < -0.3 is 19.5 Å². The van der Waals surface area contributed by atoms with Crippen molar-refractivity contribution in [3.63, 3.8) is 0 Å². The number of ether oxygens (including phenoxy) is 2. The molecule has 1 heterocycles. The smallest absolute Gasteiger partial charge is 0.410 e. The predicted molar refractivity (Wildman–Crippen MR) is 101 cm³/mol. The lowest BCUT2D eigenvalue weighted by Crippen LogP contribution is -3.16. The van der Waals surface area contributed by atoms with Crippen LogP contribution < -0.4 is 9.64 Å². The second kappa shape index (κ2) is 9.78. The van der Waals surface area contributed by atoms with Gasteiger partial charge >= 0.3 is 6.09 Å². The highest BCUT2D eigenvalue weighted by Gasteiger charge is 2.26. The first-order chi connectivity index (χ1) is 12.4. The van der Waals surface area contributed by atoms with Crippen LogP contribution in [0.4, 0.5) is 4.79 Å². The zero-order valence-electron chi connectivity index (χ0n) is 16.5. The molecule has 6 nitrogen and oxygen atoms in total. The van der Waals surface area contributed by atoms with Crippen LogP contribution in [0.1, 0.15) is 37.8 Å². The third kappa shape index (κ3) is 5.88. The summed E-state index contributed by atoms with van der Waals surface area (Å²) in [6.07, 6.45) is -0.768. The highest BCUT2D eigenvalue weighted by atomic mass is 16.6. The van der Waals surface area contributed by atoms with Crippen LogP contribution >= 0.6 is 0 Å². The molecule has 0 unspecified atom stereocenters. The third-order valence-electron chi connectivity index (χ3n) is 4.74. The van der Waals surface area contributed by atoms with Gasteiger partial charge in [0.2, 0.25) is 0 Å². The minimum atomic E-state index is -0.528. The van der Waals surface area contributed by atoms with Gasteiger partial charge in [-0.2, -0.15) is 0 Å². The lowest BCUT2D eigenvalue weighted by molar-refractivity contribution is -0.907. The van der Waals surface area contributed by atoms with E-state index in [1.807, 2.05) is 19.9 Å². The van der Waals surface area contributed by atoms with Gasteiger partial charge in [-0.15, -0.1) is 0 Å². The second-order valence-electron chi connectivity index (χ2n) is 7.30. The summed E-state index contributed by atoms with van der Waals surface area (Å²) in [5, 5.41) is 10.4. The van der Waals surface area contributed by atoms with Crippen molar-refractivity contribution >= 4 is 6.09 Å². The van der Waals surface area contributed by atoms with Crippen LogP contribution in [0.5, 0.6) is 5.75 Å². The number of amides is 1. The van der Waals surface area contributed by atoms with Crippen molar-refractivity contribution in [2.75, 3.05) is 45.9 Å². The molecule has 1 aromatic carbocycles. The van der Waals surface area contributed by atoms with Gasteiger partial charge in [0, 0.05) is 0 Å². The maximum atomic E-state index is 11.7. The largest absolute Gasteiger partial charge is 0.490 e. The fourth-order valence-electron chi connectivity index (χ4n) is 3.25. The second-order valence-corrected chi connectivity index (χ2v) is 7.30. The van der Waals surface area contributed by atoms with E-state index in [4.69, 9.17) is 9.47 Å². The molecule has 1 aromatic rings. The van der Waals surface area contributed by atoms with E-state index in [9.17, 15) is 9.90 Å². The molecule has 0 radical (unpaired) electrons. The van der Waals surface area contributed by atoms with Gasteiger partial charge in [-0.25, -0.2) is 4.79 Å². The Morgan fingerprint density at radius 3 is 2.62 bits per heavy atom. The number of benzene rings is 1. The Morgan fingerprint density at radius 1 is 1.31 bits per heavy atom. The van der Waals surface area contributed by atoms with Gasteiger partial charge in [0.1, 0.15) is 25.0 Å². The van der Waals surface area contributed by atoms with Crippen molar-refractivity contribution in [1.29, 1.82) is 0 Å². The molecular formula is C20H33N2O4+. The molecule has 1 aliphatic rings. The highest BCUT2D eigenvalue weighted by molar-refractivity contribution is 5.67. The molecule has 0 aromatic heterocycles. The molecule has 1 amide bonds. The quantitative estimate of drug-likeness (QED) is 0.763. The predicted octanol–water partition coefficient (Wildman–Crippen LogP) is 1.22. The van der Waals surface area contributed by atoms with E-state index in [0.717, 1.165) is 30.0 Å². The molecule has 2 N–H and O–H groups in total. The summed E-state index contributed by atoms with van der Waals surface area (Å²) in [6, 6.07) is 6.22. The number of rotatable bonds is 7. The first kappa shape index (κ1) is 20.5. The van der Waals surface area contributed by atoms with Gasteiger partial charge in [-0.1, -0.05) is 26.0 Å². The Hall–Kier alpha value is -1.79. The topological polar surface area (TPSA) is 63.4 Å². The number of aliphatic hydroxyl groups is 1. The van der Waals surface area contributed by atoms with Gasteiger partial charge in [0.15, 0.2) is 0 Å². The Labute approximate surface area is 156 Å². The summed E-state index contributed by atoms with van der Waals surface area (Å²) in [6.45, 7) is 12.4. The van der Waals surface area contributed by atoms with Gasteiger partial charge in [-0.05, 0) is 37.0 Å². The van der Waals surface area contributed by atoms with Crippen LogP contribution in [0.3, 0.4) is 0 Å². The molecular weight excluding hydrogens is 332 g/mol. The summed E-state index contributed by atoms with van der Waals surface area (Å²) >= 11 is 0. The Balaban J connectivity index is 1.79. The molecule has 2 rings (SSSR count). The van der Waals surface area contributed by atoms with E-state index < -0.39 is 6.10 Å². The number of nitrogens with zero attached hydrogens (tertiary/aromatic N) is 1. The SMILES string of the molecule is CCOC(=O)N1CC[NH+](C[C@H](O)COc2cc(C)ccc2C(C)C)CC1. The molecule has 1 atom stereocenters. The van der Waals surface area contributed by atoms with E-state index in [1.54, 1.807) is 4.90 Å². The molecule has 6 heteroatoms. The standard InChI is InChI=1S/C20H32N2O4/c1-5-25-20(24)22-10-8-21(9-11-22)13-17(23)14-26-19-12-16(4)6-7-18(19)15(2)3/h6-7,12,15,17,23H,5,8-11,13-14H2,1-4H3/p+1/t17-/m0/s1. The maximum absolute atomic E-state index is 11.7. The van der Waals surface area contributed by atoms with Crippen molar-refractivity contribution in [2.24, 2.45) is 0 Å². The first-order valence-electron chi connectivity index (χ1n) is 9.57. The molecule has 26 heavy (non-hydrogen) atoms. The van der Waals surface area contributed by atoms with Gasteiger partial charge in [0.25, 0.3) is 0 Å². The van der Waals surface area contributed by atoms with Crippen molar-refractivity contribution in [2.45, 2.75) is 39.7 Å². The molecule has 1 saturated heterocycles. The molecule has 1 fully saturated rings.